The van der Waals surface area contributed by atoms with Gasteiger partial charge >= 0.3 is 6.18 Å². The van der Waals surface area contributed by atoms with Gasteiger partial charge in [0.2, 0.25) is 5.95 Å². The maximum absolute atomic E-state index is 14.1. The van der Waals surface area contributed by atoms with Gasteiger partial charge in [-0.15, -0.1) is 0 Å². The van der Waals surface area contributed by atoms with Crippen LogP contribution in [0.3, 0.4) is 0 Å². The number of alkyl halides is 4. The molecule has 1 aliphatic carbocycles. The molecule has 1 fully saturated rings. The minimum atomic E-state index is -4.66. The minimum absolute atomic E-state index is 0.0420. The zero-order valence-corrected chi connectivity index (χ0v) is 15.2. The van der Waals surface area contributed by atoms with Crippen molar-refractivity contribution in [1.82, 2.24) is 24.6 Å². The monoisotopic (exact) mass is 414 g/mol. The van der Waals surface area contributed by atoms with Crippen LogP contribution in [-0.4, -0.2) is 49.1 Å². The van der Waals surface area contributed by atoms with Gasteiger partial charge in [0, 0.05) is 37.1 Å². The second kappa shape index (κ2) is 7.26. The normalized spacial score (nSPS) is 22.5. The van der Waals surface area contributed by atoms with Gasteiger partial charge in [0.25, 0.3) is 0 Å². The number of halogens is 4. The maximum Gasteiger partial charge on any atom is 0.433 e. The Morgan fingerprint density at radius 1 is 1.31 bits per heavy atom. The average molecular weight is 414 g/mol. The summed E-state index contributed by atoms with van der Waals surface area (Å²) < 4.78 is 60.1. The lowest BCUT2D eigenvalue weighted by Gasteiger charge is -2.11. The molecule has 0 aliphatic heterocycles. The number of imidazole rings is 1. The fraction of sp³-hybridized carbons (Fsp3) is 0.471. The van der Waals surface area contributed by atoms with Crippen LogP contribution in [-0.2, 0) is 17.5 Å². The fourth-order valence-corrected chi connectivity index (χ4v) is 3.46. The number of hydrogen-bond donors (Lipinski definition) is 3. The number of anilines is 2. The Labute approximate surface area is 161 Å². The SMILES string of the molecule is COCc1cn2c(Nc3cc([C@@H]4CC[C@H](O)[C@@H]4F)[nH]n3)nc(C(F)(F)F)cc2n1. The molecule has 0 bridgehead atoms. The molecule has 0 radical (unpaired) electrons. The van der Waals surface area contributed by atoms with Gasteiger partial charge in [-0.25, -0.2) is 14.4 Å². The molecular formula is C17H18F4N6O2. The number of H-pyrrole nitrogens is 1. The number of aliphatic hydroxyl groups excluding tert-OH is 1. The van der Waals surface area contributed by atoms with Crippen molar-refractivity contribution < 1.29 is 27.4 Å². The van der Waals surface area contributed by atoms with Gasteiger partial charge in [-0.2, -0.15) is 18.3 Å². The first-order valence-corrected chi connectivity index (χ1v) is 8.86. The zero-order valence-electron chi connectivity index (χ0n) is 15.2. The molecule has 3 aromatic rings. The van der Waals surface area contributed by atoms with Crippen molar-refractivity contribution in [3.63, 3.8) is 0 Å². The summed E-state index contributed by atoms with van der Waals surface area (Å²) in [6.45, 7) is 0.122. The van der Waals surface area contributed by atoms with Crippen LogP contribution in [0.4, 0.5) is 29.3 Å². The molecule has 0 amide bonds. The number of nitrogens with one attached hydrogen (secondary N) is 2. The number of rotatable bonds is 5. The summed E-state index contributed by atoms with van der Waals surface area (Å²) in [6.07, 6.45) is -4.84. The van der Waals surface area contributed by atoms with E-state index < -0.39 is 30.1 Å². The van der Waals surface area contributed by atoms with Crippen LogP contribution >= 0.6 is 0 Å². The van der Waals surface area contributed by atoms with Crippen LogP contribution in [0.2, 0.25) is 0 Å². The zero-order chi connectivity index (χ0) is 20.8. The van der Waals surface area contributed by atoms with Crippen molar-refractivity contribution in [2.24, 2.45) is 0 Å². The Balaban J connectivity index is 1.68. The van der Waals surface area contributed by atoms with E-state index in [2.05, 4.69) is 25.5 Å². The van der Waals surface area contributed by atoms with E-state index in [-0.39, 0.29) is 24.0 Å². The van der Waals surface area contributed by atoms with Crippen molar-refractivity contribution >= 4 is 17.4 Å². The van der Waals surface area contributed by atoms with Crippen LogP contribution in [0.25, 0.3) is 5.65 Å². The summed E-state index contributed by atoms with van der Waals surface area (Å²) >= 11 is 0. The lowest BCUT2D eigenvalue weighted by Crippen LogP contribution is -2.19. The standard InChI is InChI=1S/C17H18F4N6O2/c1-29-7-8-6-27-14(22-8)5-12(17(19,20)21)23-16(27)24-13-4-10(25-26-13)9-2-3-11(28)15(9)18/h4-6,9,11,15,28H,2-3,7H2,1H3,(H2,23,24,25,26)/t9-,11-,15+/m0/s1. The number of aliphatic hydroxyl groups is 1. The summed E-state index contributed by atoms with van der Waals surface area (Å²) in [5.74, 6) is -0.529. The Morgan fingerprint density at radius 2 is 2.10 bits per heavy atom. The lowest BCUT2D eigenvalue weighted by molar-refractivity contribution is -0.141. The molecular weight excluding hydrogens is 396 g/mol. The van der Waals surface area contributed by atoms with E-state index in [0.717, 1.165) is 6.07 Å². The molecule has 1 aliphatic rings. The third-order valence-corrected chi connectivity index (χ3v) is 4.85. The quantitative estimate of drug-likeness (QED) is 0.555. The highest BCUT2D eigenvalue weighted by atomic mass is 19.4. The van der Waals surface area contributed by atoms with E-state index in [1.807, 2.05) is 0 Å². The van der Waals surface area contributed by atoms with Crippen molar-refractivity contribution in [2.75, 3.05) is 12.4 Å². The molecule has 8 nitrogen and oxygen atoms in total. The molecule has 0 spiro atoms. The maximum atomic E-state index is 14.1. The van der Waals surface area contributed by atoms with E-state index in [4.69, 9.17) is 4.74 Å². The lowest BCUT2D eigenvalue weighted by atomic mass is 10.0. The van der Waals surface area contributed by atoms with Crippen molar-refractivity contribution in [2.45, 2.75) is 43.8 Å². The van der Waals surface area contributed by atoms with Crippen LogP contribution in [0.5, 0.6) is 0 Å². The molecule has 1 saturated carbocycles. The third kappa shape index (κ3) is 3.77. The Bertz CT molecular complexity index is 1020. The van der Waals surface area contributed by atoms with Gasteiger partial charge < -0.3 is 15.2 Å². The molecule has 29 heavy (non-hydrogen) atoms. The van der Waals surface area contributed by atoms with Crippen LogP contribution in [0.1, 0.15) is 35.8 Å². The summed E-state index contributed by atoms with van der Waals surface area (Å²) in [7, 11) is 1.45. The summed E-state index contributed by atoms with van der Waals surface area (Å²) in [6, 6.07) is 2.34. The van der Waals surface area contributed by atoms with Gasteiger partial charge in [0.1, 0.15) is 11.8 Å². The first-order valence-electron chi connectivity index (χ1n) is 8.86. The summed E-state index contributed by atoms with van der Waals surface area (Å²) in [5, 5.41) is 19.0. The number of ether oxygens (including phenoxy) is 1. The highest BCUT2D eigenvalue weighted by Gasteiger charge is 2.37. The largest absolute Gasteiger partial charge is 0.433 e. The minimum Gasteiger partial charge on any atom is -0.390 e. The topological polar surface area (TPSA) is 100 Å². The van der Waals surface area contributed by atoms with E-state index in [9.17, 15) is 22.7 Å². The first-order chi connectivity index (χ1) is 13.8. The number of aromatic nitrogens is 5. The van der Waals surface area contributed by atoms with Gasteiger partial charge in [0.15, 0.2) is 11.5 Å². The highest BCUT2D eigenvalue weighted by molar-refractivity contribution is 5.55. The summed E-state index contributed by atoms with van der Waals surface area (Å²) in [4.78, 5) is 7.77. The highest BCUT2D eigenvalue weighted by Crippen LogP contribution is 2.37. The van der Waals surface area contributed by atoms with E-state index in [1.54, 1.807) is 0 Å². The second-order valence-electron chi connectivity index (χ2n) is 6.89. The van der Waals surface area contributed by atoms with E-state index in [0.29, 0.717) is 24.2 Å². The number of methoxy groups -OCH3 is 1. The first kappa shape index (κ1) is 19.6. The molecule has 3 heterocycles. The number of fused-ring (bicyclic) bond motifs is 1. The van der Waals surface area contributed by atoms with E-state index in [1.165, 1.54) is 23.8 Å². The van der Waals surface area contributed by atoms with Gasteiger partial charge in [-0.3, -0.25) is 9.50 Å². The Kier molecular flexibility index (Phi) is 4.90. The van der Waals surface area contributed by atoms with E-state index >= 15 is 0 Å². The smallest absolute Gasteiger partial charge is 0.390 e. The molecule has 4 rings (SSSR count). The van der Waals surface area contributed by atoms with Crippen molar-refractivity contribution in [3.05, 3.63) is 35.4 Å². The van der Waals surface area contributed by atoms with Gasteiger partial charge in [-0.1, -0.05) is 0 Å². The molecule has 3 aromatic heterocycles. The predicted octanol–water partition coefficient (Wildman–Crippen LogP) is 2.94. The van der Waals surface area contributed by atoms with Crippen molar-refractivity contribution in [1.29, 1.82) is 0 Å². The molecule has 3 atom stereocenters. The molecule has 12 heteroatoms. The molecule has 3 N–H and O–H groups in total. The molecule has 0 aromatic carbocycles. The third-order valence-electron chi connectivity index (χ3n) is 4.85. The Morgan fingerprint density at radius 3 is 2.76 bits per heavy atom. The van der Waals surface area contributed by atoms with Crippen LogP contribution < -0.4 is 5.32 Å². The predicted molar refractivity (Wildman–Crippen MR) is 93.5 cm³/mol. The summed E-state index contributed by atoms with van der Waals surface area (Å²) in [5.41, 5.74) is -0.189. The average Bonchev–Trinajstić information content (AvgIpc) is 3.35. The van der Waals surface area contributed by atoms with Gasteiger partial charge in [0.05, 0.1) is 18.4 Å². The number of hydrogen-bond acceptors (Lipinski definition) is 6. The van der Waals surface area contributed by atoms with Crippen LogP contribution in [0.15, 0.2) is 18.3 Å². The molecule has 0 saturated heterocycles. The molecule has 156 valence electrons. The Hall–Kier alpha value is -2.73. The second-order valence-corrected chi connectivity index (χ2v) is 6.89. The number of aromatic amines is 1. The van der Waals surface area contributed by atoms with Gasteiger partial charge in [-0.05, 0) is 12.8 Å². The molecule has 0 unspecified atom stereocenters. The van der Waals surface area contributed by atoms with Crippen LogP contribution in [0, 0.1) is 0 Å². The number of nitrogens with zero attached hydrogens (tertiary/aromatic N) is 4. The fourth-order valence-electron chi connectivity index (χ4n) is 3.46. The van der Waals surface area contributed by atoms with Crippen molar-refractivity contribution in [3.8, 4) is 0 Å².